The molecule has 0 aliphatic heterocycles. The van der Waals surface area contributed by atoms with Crippen LogP contribution in [0.15, 0.2) is 106 Å². The quantitative estimate of drug-likeness (QED) is 0.0332. The van der Waals surface area contributed by atoms with Crippen LogP contribution in [0.3, 0.4) is 0 Å². The molecule has 4 heterocycles. The molecule has 6 rings (SSSR count). The van der Waals surface area contributed by atoms with E-state index in [1.165, 1.54) is 48.5 Å². The zero-order valence-electron chi connectivity index (χ0n) is 45.4. The Labute approximate surface area is 453 Å². The molecule has 0 spiro atoms. The number of aliphatic hydroxyl groups is 2. The van der Waals surface area contributed by atoms with Crippen LogP contribution in [0.2, 0.25) is 0 Å². The molecule has 0 saturated heterocycles. The molecule has 0 unspecified atom stereocenters. The SMILES string of the molecule is CCCC[C@H](NC(=O)O[C@H](Cc1nnc(-c2ccc(F)cc2)o1)C(C)(C)C)[C@@H](O)C(=O)NCc1cccnc1.CCCC[C@H](NC(=O)O[C@H](Cc1nnc(-c2ccc(F)cc2)o1)C(C)(C)C)[C@H](O)C(=O)NCc1cccnc1. The lowest BCUT2D eigenvalue weighted by Crippen LogP contribution is -2.51. The van der Waals surface area contributed by atoms with Gasteiger partial charge < -0.3 is 49.8 Å². The second kappa shape index (κ2) is 29.7. The third-order valence-electron chi connectivity index (χ3n) is 12.3. The average Bonchev–Trinajstić information content (AvgIpc) is 4.11. The average molecular weight is 1080 g/mol. The number of alkyl carbamates (subject to hydrolysis) is 2. The van der Waals surface area contributed by atoms with Crippen LogP contribution >= 0.6 is 0 Å². The summed E-state index contributed by atoms with van der Waals surface area (Å²) in [6.45, 7) is 15.8. The lowest BCUT2D eigenvalue weighted by Gasteiger charge is -2.31. The topological polar surface area (TPSA) is 279 Å². The van der Waals surface area contributed by atoms with Crippen molar-refractivity contribution in [1.82, 2.24) is 51.6 Å². The Kier molecular flexibility index (Phi) is 23.3. The maximum absolute atomic E-state index is 13.2. The van der Waals surface area contributed by atoms with E-state index in [9.17, 15) is 38.2 Å². The van der Waals surface area contributed by atoms with Crippen molar-refractivity contribution in [2.24, 2.45) is 10.8 Å². The molecule has 4 amide bonds. The zero-order valence-corrected chi connectivity index (χ0v) is 45.4. The minimum atomic E-state index is -1.47. The summed E-state index contributed by atoms with van der Waals surface area (Å²) in [4.78, 5) is 59.2. The van der Waals surface area contributed by atoms with Gasteiger partial charge in [0.15, 0.2) is 12.2 Å². The summed E-state index contributed by atoms with van der Waals surface area (Å²) in [5, 5.41) is 48.3. The van der Waals surface area contributed by atoms with E-state index in [0.717, 1.165) is 24.0 Å². The number of aliphatic hydroxyl groups excluding tert-OH is 2. The minimum Gasteiger partial charge on any atom is -0.445 e. The number of unbranched alkanes of at least 4 members (excludes halogenated alkanes) is 2. The molecule has 2 aromatic carbocycles. The van der Waals surface area contributed by atoms with Crippen molar-refractivity contribution in [2.75, 3.05) is 0 Å². The number of aromatic nitrogens is 6. The third-order valence-corrected chi connectivity index (χ3v) is 12.3. The number of hydrogen-bond donors (Lipinski definition) is 6. The Bertz CT molecular complexity index is 2580. The molecule has 420 valence electrons. The van der Waals surface area contributed by atoms with Crippen LogP contribution in [0, 0.1) is 22.5 Å². The van der Waals surface area contributed by atoms with E-state index in [4.69, 9.17) is 18.3 Å². The van der Waals surface area contributed by atoms with Gasteiger partial charge in [-0.05, 0) is 95.5 Å². The molecular weight excluding hydrogens is 1010 g/mol. The number of nitrogens with zero attached hydrogens (tertiary/aromatic N) is 6. The Hall–Kier alpha value is -7.72. The molecule has 22 heteroatoms. The first kappa shape index (κ1) is 61.1. The Balaban J connectivity index is 0.000000287. The number of amides is 4. The maximum atomic E-state index is 13.2. The number of ether oxygens (including phenoxy) is 2. The maximum Gasteiger partial charge on any atom is 0.407 e. The second-order valence-electron chi connectivity index (χ2n) is 20.8. The van der Waals surface area contributed by atoms with Crippen molar-refractivity contribution in [1.29, 1.82) is 0 Å². The number of rotatable bonds is 24. The highest BCUT2D eigenvalue weighted by atomic mass is 19.1. The number of carbonyl (C=O) groups excluding carboxylic acids is 4. The fraction of sp³-hybridized carbons (Fsp3) is 0.464. The van der Waals surface area contributed by atoms with Gasteiger partial charge in [-0.1, -0.05) is 93.2 Å². The lowest BCUT2D eigenvalue weighted by atomic mass is 9.87. The number of halogens is 2. The standard InChI is InChI=1S/2C28H36FN5O5/c2*1-5-6-9-21(24(35)25(36)31-17-18-8-7-14-30-16-18)32-27(37)38-22(28(2,3)4)15-23-33-34-26(39-23)19-10-12-20(29)13-11-19/h2*7-8,10-14,16,21-22,24,35H,5-6,9,15,17H2,1-4H3,(H,31,36)(H,32,37)/t21-,22+,24+;21-,22+,24-/m00/s1. The fourth-order valence-electron chi connectivity index (χ4n) is 7.51. The van der Waals surface area contributed by atoms with Crippen molar-refractivity contribution >= 4 is 24.0 Å². The molecule has 0 saturated carbocycles. The van der Waals surface area contributed by atoms with Gasteiger partial charge in [0.2, 0.25) is 23.6 Å². The van der Waals surface area contributed by atoms with Gasteiger partial charge in [0.1, 0.15) is 23.8 Å². The van der Waals surface area contributed by atoms with Crippen LogP contribution in [0.5, 0.6) is 0 Å². The summed E-state index contributed by atoms with van der Waals surface area (Å²) in [5.41, 5.74) is 1.70. The van der Waals surface area contributed by atoms with Crippen molar-refractivity contribution < 1.29 is 56.5 Å². The summed E-state index contributed by atoms with van der Waals surface area (Å²) in [7, 11) is 0. The molecule has 0 bridgehead atoms. The second-order valence-corrected chi connectivity index (χ2v) is 20.8. The molecule has 0 radical (unpaired) electrons. The fourth-order valence-corrected chi connectivity index (χ4v) is 7.51. The molecule has 20 nitrogen and oxygen atoms in total. The molecular formula is C56H72F2N10O10. The molecule has 0 fully saturated rings. The number of nitrogens with one attached hydrogen (secondary N) is 4. The highest BCUT2D eigenvalue weighted by molar-refractivity contribution is 5.83. The van der Waals surface area contributed by atoms with Gasteiger partial charge in [0.25, 0.3) is 11.8 Å². The summed E-state index contributed by atoms with van der Waals surface area (Å²) in [5.74, 6) is -1.01. The summed E-state index contributed by atoms with van der Waals surface area (Å²) >= 11 is 0. The van der Waals surface area contributed by atoms with E-state index in [-0.39, 0.29) is 61.1 Å². The Morgan fingerprint density at radius 3 is 1.27 bits per heavy atom. The van der Waals surface area contributed by atoms with E-state index in [1.54, 1.807) is 36.9 Å². The highest BCUT2D eigenvalue weighted by Crippen LogP contribution is 2.29. The summed E-state index contributed by atoms with van der Waals surface area (Å²) < 4.78 is 49.4. The summed E-state index contributed by atoms with van der Waals surface area (Å²) in [6.07, 6.45) is 4.75. The highest BCUT2D eigenvalue weighted by Gasteiger charge is 2.35. The smallest absolute Gasteiger partial charge is 0.407 e. The molecule has 0 aliphatic carbocycles. The monoisotopic (exact) mass is 1080 g/mol. The van der Waals surface area contributed by atoms with Gasteiger partial charge in [0.05, 0.1) is 24.9 Å². The van der Waals surface area contributed by atoms with E-state index in [0.29, 0.717) is 36.8 Å². The normalized spacial score (nSPS) is 13.8. The predicted octanol–water partition coefficient (Wildman–Crippen LogP) is 8.38. The van der Waals surface area contributed by atoms with Crippen LogP contribution in [0.25, 0.3) is 22.9 Å². The van der Waals surface area contributed by atoms with Crippen LogP contribution in [-0.4, -0.2) is 101 Å². The molecule has 6 atom stereocenters. The van der Waals surface area contributed by atoms with E-state index >= 15 is 0 Å². The van der Waals surface area contributed by atoms with E-state index in [1.807, 2.05) is 67.5 Å². The first-order valence-electron chi connectivity index (χ1n) is 25.9. The molecule has 6 N–H and O–H groups in total. The first-order chi connectivity index (χ1) is 37.1. The van der Waals surface area contributed by atoms with E-state index in [2.05, 4.69) is 51.6 Å². The van der Waals surface area contributed by atoms with Gasteiger partial charge in [-0.2, -0.15) is 0 Å². The number of carbonyl (C=O) groups is 4. The predicted molar refractivity (Wildman–Crippen MR) is 283 cm³/mol. The van der Waals surface area contributed by atoms with Crippen LogP contribution < -0.4 is 21.3 Å². The third kappa shape index (κ3) is 20.0. The van der Waals surface area contributed by atoms with Crippen LogP contribution in [0.4, 0.5) is 18.4 Å². The molecule has 6 aromatic rings. The van der Waals surface area contributed by atoms with Crippen molar-refractivity contribution in [2.45, 2.75) is 156 Å². The minimum absolute atomic E-state index is 0.138. The molecule has 0 aliphatic rings. The number of hydrogen-bond acceptors (Lipinski definition) is 16. The van der Waals surface area contributed by atoms with Gasteiger partial charge >= 0.3 is 12.2 Å². The Morgan fingerprint density at radius 1 is 0.577 bits per heavy atom. The summed E-state index contributed by atoms with van der Waals surface area (Å²) in [6, 6.07) is 16.8. The van der Waals surface area contributed by atoms with Gasteiger partial charge in [-0.3, -0.25) is 19.6 Å². The van der Waals surface area contributed by atoms with E-state index < -0.39 is 71.3 Å². The van der Waals surface area contributed by atoms with Crippen molar-refractivity contribution in [3.05, 3.63) is 132 Å². The molecule has 78 heavy (non-hydrogen) atoms. The number of benzene rings is 2. The van der Waals surface area contributed by atoms with Gasteiger partial charge in [-0.25, -0.2) is 18.4 Å². The van der Waals surface area contributed by atoms with Crippen molar-refractivity contribution in [3.63, 3.8) is 0 Å². The van der Waals surface area contributed by atoms with Crippen molar-refractivity contribution in [3.8, 4) is 22.9 Å². The molecule has 4 aromatic heterocycles. The largest absolute Gasteiger partial charge is 0.445 e. The van der Waals surface area contributed by atoms with Crippen LogP contribution in [0.1, 0.15) is 117 Å². The zero-order chi connectivity index (χ0) is 56.8. The van der Waals surface area contributed by atoms with Crippen LogP contribution in [-0.2, 0) is 45.0 Å². The number of pyridine rings is 2. The van der Waals surface area contributed by atoms with Gasteiger partial charge in [-0.15, -0.1) is 20.4 Å². The Morgan fingerprint density at radius 2 is 0.949 bits per heavy atom. The lowest BCUT2D eigenvalue weighted by molar-refractivity contribution is -0.131. The van der Waals surface area contributed by atoms with Gasteiger partial charge in [0, 0.05) is 49.0 Å². The first-order valence-corrected chi connectivity index (χ1v) is 25.9.